The van der Waals surface area contributed by atoms with Crippen LogP contribution in [0, 0.1) is 0 Å². The Balaban J connectivity index is 2.83. The molecule has 1 aromatic carbocycles. The van der Waals surface area contributed by atoms with Gasteiger partial charge in [0.2, 0.25) is 5.91 Å². The van der Waals surface area contributed by atoms with E-state index < -0.39 is 17.7 Å². The van der Waals surface area contributed by atoms with E-state index in [0.717, 1.165) is 5.75 Å². The highest BCUT2D eigenvalue weighted by atomic mass is 32.2. The van der Waals surface area contributed by atoms with Gasteiger partial charge in [-0.3, -0.25) is 4.79 Å². The summed E-state index contributed by atoms with van der Waals surface area (Å²) in [6.45, 7) is 5.31. The first-order valence-corrected chi connectivity index (χ1v) is 9.61. The monoisotopic (exact) mass is 384 g/mol. The minimum atomic E-state index is -0.703. The summed E-state index contributed by atoms with van der Waals surface area (Å²) in [6.07, 6.45) is 1.81. The van der Waals surface area contributed by atoms with Crippen molar-refractivity contribution < 1.29 is 23.8 Å². The van der Waals surface area contributed by atoms with Gasteiger partial charge < -0.3 is 24.8 Å². The van der Waals surface area contributed by atoms with Crippen molar-refractivity contribution in [1.82, 2.24) is 5.32 Å². The second-order valence-electron chi connectivity index (χ2n) is 6.54. The van der Waals surface area contributed by atoms with Crippen molar-refractivity contribution in [2.75, 3.05) is 31.5 Å². The Labute approximate surface area is 159 Å². The molecule has 26 heavy (non-hydrogen) atoms. The van der Waals surface area contributed by atoms with E-state index in [1.807, 2.05) is 6.26 Å². The molecule has 0 fully saturated rings. The first-order chi connectivity index (χ1) is 12.2. The molecule has 0 radical (unpaired) electrons. The molecule has 2 amide bonds. The number of hydrogen-bond donors (Lipinski definition) is 2. The molecule has 7 nitrogen and oxygen atoms in total. The molecule has 0 aliphatic carbocycles. The number of hydrogen-bond acceptors (Lipinski definition) is 6. The zero-order chi connectivity index (χ0) is 19.7. The topological polar surface area (TPSA) is 85.9 Å². The minimum absolute atomic E-state index is 0.322. The maximum Gasteiger partial charge on any atom is 0.408 e. The summed E-state index contributed by atoms with van der Waals surface area (Å²) in [5.41, 5.74) is -0.0821. The third-order valence-corrected chi connectivity index (χ3v) is 3.91. The Morgan fingerprint density at radius 3 is 2.35 bits per heavy atom. The number of thioether (sulfide) groups is 1. The number of benzene rings is 1. The first kappa shape index (κ1) is 22.0. The normalized spacial score (nSPS) is 12.1. The summed E-state index contributed by atoms with van der Waals surface area (Å²) in [7, 11) is 3.06. The zero-order valence-corrected chi connectivity index (χ0v) is 17.0. The number of amides is 2. The van der Waals surface area contributed by atoms with Crippen LogP contribution in [-0.4, -0.2) is 49.9 Å². The molecule has 8 heteroatoms. The molecule has 1 aromatic rings. The predicted octanol–water partition coefficient (Wildman–Crippen LogP) is 3.29. The van der Waals surface area contributed by atoms with E-state index in [9.17, 15) is 9.59 Å². The largest absolute Gasteiger partial charge is 0.493 e. The summed E-state index contributed by atoms with van der Waals surface area (Å²) in [5.74, 6) is 1.47. The lowest BCUT2D eigenvalue weighted by molar-refractivity contribution is -0.118. The summed E-state index contributed by atoms with van der Waals surface area (Å²) in [5, 5.41) is 5.43. The molecule has 1 atom stereocenters. The summed E-state index contributed by atoms with van der Waals surface area (Å²) in [4.78, 5) is 24.6. The fourth-order valence-electron chi connectivity index (χ4n) is 2.10. The minimum Gasteiger partial charge on any atom is -0.493 e. The maximum absolute atomic E-state index is 12.6. The van der Waals surface area contributed by atoms with Gasteiger partial charge in [-0.25, -0.2) is 4.79 Å². The van der Waals surface area contributed by atoms with Crippen molar-refractivity contribution >= 4 is 29.4 Å². The number of ether oxygens (including phenoxy) is 3. The van der Waals surface area contributed by atoms with Crippen LogP contribution in [0.1, 0.15) is 27.2 Å². The van der Waals surface area contributed by atoms with Crippen LogP contribution in [0.4, 0.5) is 10.5 Å². The fraction of sp³-hybridized carbons (Fsp3) is 0.556. The van der Waals surface area contributed by atoms with Crippen molar-refractivity contribution in [2.45, 2.75) is 38.8 Å². The van der Waals surface area contributed by atoms with Crippen LogP contribution in [-0.2, 0) is 9.53 Å². The SMILES string of the molecule is COc1ccc(NC(=O)[C@H](CCSC)NC(=O)OC(C)(C)C)cc1OC. The molecule has 0 aliphatic rings. The Kier molecular flexibility index (Phi) is 8.57. The second-order valence-corrected chi connectivity index (χ2v) is 7.52. The quantitative estimate of drug-likeness (QED) is 0.715. The van der Waals surface area contributed by atoms with Crippen molar-refractivity contribution in [3.8, 4) is 11.5 Å². The van der Waals surface area contributed by atoms with Crippen LogP contribution in [0.15, 0.2) is 18.2 Å². The van der Waals surface area contributed by atoms with E-state index in [1.165, 1.54) is 7.11 Å². The van der Waals surface area contributed by atoms with Gasteiger partial charge >= 0.3 is 6.09 Å². The van der Waals surface area contributed by atoms with E-state index in [2.05, 4.69) is 10.6 Å². The van der Waals surface area contributed by atoms with Crippen LogP contribution in [0.3, 0.4) is 0 Å². The third-order valence-electron chi connectivity index (χ3n) is 3.27. The lowest BCUT2D eigenvalue weighted by Gasteiger charge is -2.23. The van der Waals surface area contributed by atoms with Crippen LogP contribution >= 0.6 is 11.8 Å². The smallest absolute Gasteiger partial charge is 0.408 e. The van der Waals surface area contributed by atoms with Gasteiger partial charge in [-0.2, -0.15) is 11.8 Å². The molecule has 146 valence electrons. The van der Waals surface area contributed by atoms with E-state index in [-0.39, 0.29) is 5.91 Å². The number of carbonyl (C=O) groups is 2. The second kappa shape index (κ2) is 10.2. The van der Waals surface area contributed by atoms with Crippen molar-refractivity contribution in [1.29, 1.82) is 0 Å². The van der Waals surface area contributed by atoms with Gasteiger partial charge in [0.15, 0.2) is 11.5 Å². The molecule has 0 aromatic heterocycles. The Bertz CT molecular complexity index is 616. The van der Waals surface area contributed by atoms with Crippen LogP contribution in [0.5, 0.6) is 11.5 Å². The van der Waals surface area contributed by atoms with E-state index >= 15 is 0 Å². The molecule has 1 rings (SSSR count). The van der Waals surface area contributed by atoms with Crippen molar-refractivity contribution in [2.24, 2.45) is 0 Å². The Hall–Kier alpha value is -2.09. The molecule has 0 heterocycles. The van der Waals surface area contributed by atoms with Crippen molar-refractivity contribution in [3.63, 3.8) is 0 Å². The van der Waals surface area contributed by atoms with Crippen LogP contribution in [0.2, 0.25) is 0 Å². The molecule has 0 saturated heterocycles. The average Bonchev–Trinajstić information content (AvgIpc) is 2.56. The van der Waals surface area contributed by atoms with Gasteiger partial charge in [0.1, 0.15) is 11.6 Å². The molecular weight excluding hydrogens is 356 g/mol. The lowest BCUT2D eigenvalue weighted by Crippen LogP contribution is -2.46. The Morgan fingerprint density at radius 1 is 1.15 bits per heavy atom. The standard InChI is InChI=1S/C18H28N2O5S/c1-18(2,3)25-17(22)20-13(9-10-26-6)16(21)19-12-7-8-14(23-4)15(11-12)24-5/h7-8,11,13H,9-10H2,1-6H3,(H,19,21)(H,20,22)/t13-/m0/s1. The van der Waals surface area contributed by atoms with Crippen molar-refractivity contribution in [3.05, 3.63) is 18.2 Å². The number of nitrogens with one attached hydrogen (secondary N) is 2. The number of carbonyl (C=O) groups excluding carboxylic acids is 2. The predicted molar refractivity (Wildman–Crippen MR) is 104 cm³/mol. The third kappa shape index (κ3) is 7.43. The highest BCUT2D eigenvalue weighted by Crippen LogP contribution is 2.29. The van der Waals surface area contributed by atoms with Crippen LogP contribution < -0.4 is 20.1 Å². The molecule has 0 bridgehead atoms. The molecule has 0 saturated carbocycles. The van der Waals surface area contributed by atoms with E-state index in [1.54, 1.807) is 57.8 Å². The van der Waals surface area contributed by atoms with Gasteiger partial charge in [-0.15, -0.1) is 0 Å². The van der Waals surface area contributed by atoms with Gasteiger partial charge in [0, 0.05) is 11.8 Å². The first-order valence-electron chi connectivity index (χ1n) is 8.21. The van der Waals surface area contributed by atoms with Gasteiger partial charge in [-0.1, -0.05) is 0 Å². The summed E-state index contributed by atoms with van der Waals surface area (Å²) < 4.78 is 15.7. The molecule has 0 spiro atoms. The molecular formula is C18H28N2O5S. The van der Waals surface area contributed by atoms with Gasteiger partial charge in [-0.05, 0) is 51.3 Å². The highest BCUT2D eigenvalue weighted by Gasteiger charge is 2.24. The zero-order valence-electron chi connectivity index (χ0n) is 16.2. The van der Waals surface area contributed by atoms with Crippen LogP contribution in [0.25, 0.3) is 0 Å². The number of rotatable bonds is 8. The molecule has 0 unspecified atom stereocenters. The average molecular weight is 384 g/mol. The number of alkyl carbamates (subject to hydrolysis) is 1. The van der Waals surface area contributed by atoms with Gasteiger partial charge in [0.05, 0.1) is 14.2 Å². The Morgan fingerprint density at radius 2 is 1.81 bits per heavy atom. The van der Waals surface area contributed by atoms with Gasteiger partial charge in [0.25, 0.3) is 0 Å². The lowest BCUT2D eigenvalue weighted by atomic mass is 10.2. The molecule has 2 N–H and O–H groups in total. The van der Waals surface area contributed by atoms with E-state index in [0.29, 0.717) is 23.6 Å². The maximum atomic E-state index is 12.6. The fourth-order valence-corrected chi connectivity index (χ4v) is 2.57. The van der Waals surface area contributed by atoms with E-state index in [4.69, 9.17) is 14.2 Å². The highest BCUT2D eigenvalue weighted by molar-refractivity contribution is 7.98. The molecule has 0 aliphatic heterocycles. The summed E-state index contributed by atoms with van der Waals surface area (Å²) >= 11 is 1.60. The number of anilines is 1. The summed E-state index contributed by atoms with van der Waals surface area (Å²) in [6, 6.07) is 4.37. The number of methoxy groups -OCH3 is 2.